The normalized spacial score (nSPS) is 16.8. The number of nitrogens with two attached hydrogens (primary N) is 1. The van der Waals surface area contributed by atoms with Crippen molar-refractivity contribution in [3.8, 4) is 0 Å². The predicted molar refractivity (Wildman–Crippen MR) is 111 cm³/mol. The number of para-hydroxylation sites is 1. The first kappa shape index (κ1) is 18.5. The highest BCUT2D eigenvalue weighted by atomic mass is 32.1. The highest BCUT2D eigenvalue weighted by Gasteiger charge is 2.20. The van der Waals surface area contributed by atoms with Crippen LogP contribution in [0.2, 0.25) is 0 Å². The number of piperazine rings is 1. The van der Waals surface area contributed by atoms with E-state index in [1.807, 2.05) is 29.8 Å². The quantitative estimate of drug-likeness (QED) is 0.603. The molecule has 1 aliphatic heterocycles. The van der Waals surface area contributed by atoms with E-state index in [4.69, 9.17) is 5.73 Å². The van der Waals surface area contributed by atoms with E-state index in [0.29, 0.717) is 18.4 Å². The molecule has 26 heavy (non-hydrogen) atoms. The molecule has 0 aliphatic carbocycles. The minimum Gasteiger partial charge on any atom is -0.380 e. The molecule has 1 unspecified atom stereocenters. The molecule has 2 aromatic rings. The first-order valence-corrected chi connectivity index (χ1v) is 10.0. The number of benzene rings is 1. The molecule has 1 fully saturated rings. The first-order chi connectivity index (χ1) is 12.6. The highest BCUT2D eigenvalue weighted by Crippen LogP contribution is 2.19. The van der Waals surface area contributed by atoms with Gasteiger partial charge in [-0.1, -0.05) is 32.0 Å². The van der Waals surface area contributed by atoms with Crippen LogP contribution >= 0.6 is 11.3 Å². The van der Waals surface area contributed by atoms with Gasteiger partial charge in [-0.05, 0) is 18.1 Å². The molecule has 1 aromatic heterocycles. The molecule has 0 spiro atoms. The van der Waals surface area contributed by atoms with Crippen LogP contribution in [0, 0.1) is 5.92 Å². The average Bonchev–Trinajstić information content (AvgIpc) is 3.20. The Morgan fingerprint density at radius 3 is 2.58 bits per heavy atom. The van der Waals surface area contributed by atoms with Crippen LogP contribution < -0.4 is 16.0 Å². The Hall–Kier alpha value is -2.28. The molecule has 0 radical (unpaired) electrons. The molecule has 1 aromatic carbocycles. The summed E-state index contributed by atoms with van der Waals surface area (Å²) in [5.74, 6) is 1.11. The van der Waals surface area contributed by atoms with Crippen molar-refractivity contribution in [2.24, 2.45) is 16.6 Å². The molecule has 3 rings (SSSR count). The monoisotopic (exact) mass is 372 g/mol. The predicted octanol–water partition coefficient (Wildman–Crippen LogP) is 2.72. The number of aromatic nitrogens is 1. The third-order valence-corrected chi connectivity index (χ3v) is 5.51. The molecule has 0 bridgehead atoms. The number of nitrogens with zero attached hydrogens (tertiary/aromatic N) is 4. The lowest BCUT2D eigenvalue weighted by Crippen LogP contribution is -2.51. The molecular formula is C19H28N6S. The topological polar surface area (TPSA) is 69.8 Å². The molecule has 6 nitrogen and oxygen atoms in total. The summed E-state index contributed by atoms with van der Waals surface area (Å²) in [6, 6.07) is 10.5. The Bertz CT molecular complexity index is 677. The fourth-order valence-electron chi connectivity index (χ4n) is 2.96. The van der Waals surface area contributed by atoms with Crippen LogP contribution in [-0.4, -0.2) is 54.6 Å². The maximum Gasteiger partial charge on any atom is 0.191 e. The first-order valence-electron chi connectivity index (χ1n) is 9.14. The molecule has 1 saturated heterocycles. The van der Waals surface area contributed by atoms with E-state index in [9.17, 15) is 0 Å². The maximum atomic E-state index is 6.27. The second-order valence-corrected chi connectivity index (χ2v) is 7.72. The van der Waals surface area contributed by atoms with E-state index < -0.39 is 0 Å². The van der Waals surface area contributed by atoms with Gasteiger partial charge in [-0.15, -0.1) is 11.3 Å². The van der Waals surface area contributed by atoms with Crippen molar-refractivity contribution in [1.29, 1.82) is 0 Å². The summed E-state index contributed by atoms with van der Waals surface area (Å²) in [4.78, 5) is 13.5. The minimum absolute atomic E-state index is 0.257. The number of aliphatic imine (C=N–C) groups is 1. The lowest BCUT2D eigenvalue weighted by Gasteiger charge is -2.35. The van der Waals surface area contributed by atoms with E-state index in [-0.39, 0.29) is 6.04 Å². The third kappa shape index (κ3) is 4.88. The van der Waals surface area contributed by atoms with Gasteiger partial charge in [0, 0.05) is 49.5 Å². The van der Waals surface area contributed by atoms with Crippen LogP contribution in [0.1, 0.15) is 13.8 Å². The van der Waals surface area contributed by atoms with Crippen LogP contribution in [0.3, 0.4) is 0 Å². The van der Waals surface area contributed by atoms with Crippen molar-refractivity contribution in [1.82, 2.24) is 9.88 Å². The Kier molecular flexibility index (Phi) is 6.33. The van der Waals surface area contributed by atoms with Gasteiger partial charge in [-0.2, -0.15) is 0 Å². The number of rotatable bonds is 6. The van der Waals surface area contributed by atoms with Crippen molar-refractivity contribution in [2.75, 3.05) is 42.9 Å². The summed E-state index contributed by atoms with van der Waals surface area (Å²) in [6.45, 7) is 8.71. The van der Waals surface area contributed by atoms with Crippen LogP contribution in [0.25, 0.3) is 0 Å². The summed E-state index contributed by atoms with van der Waals surface area (Å²) < 4.78 is 0. The van der Waals surface area contributed by atoms with E-state index in [2.05, 4.69) is 51.1 Å². The lowest BCUT2D eigenvalue weighted by molar-refractivity contribution is 0.379. The summed E-state index contributed by atoms with van der Waals surface area (Å²) >= 11 is 1.68. The molecule has 2 heterocycles. The second-order valence-electron chi connectivity index (χ2n) is 6.85. The molecule has 1 aliphatic rings. The van der Waals surface area contributed by atoms with Crippen molar-refractivity contribution >= 4 is 28.1 Å². The average molecular weight is 373 g/mol. The fourth-order valence-corrected chi connectivity index (χ4v) is 3.66. The van der Waals surface area contributed by atoms with Gasteiger partial charge < -0.3 is 20.9 Å². The lowest BCUT2D eigenvalue weighted by atomic mass is 10.0. The molecular weight excluding hydrogens is 344 g/mol. The Morgan fingerprint density at radius 1 is 1.23 bits per heavy atom. The maximum absolute atomic E-state index is 6.27. The Morgan fingerprint density at radius 2 is 1.96 bits per heavy atom. The largest absolute Gasteiger partial charge is 0.380 e. The molecule has 140 valence electrons. The number of anilines is 2. The number of guanidine groups is 1. The zero-order valence-corrected chi connectivity index (χ0v) is 16.3. The number of thiazole rings is 1. The van der Waals surface area contributed by atoms with Crippen molar-refractivity contribution in [2.45, 2.75) is 19.9 Å². The van der Waals surface area contributed by atoms with Crippen molar-refractivity contribution in [3.63, 3.8) is 0 Å². The van der Waals surface area contributed by atoms with E-state index in [1.165, 1.54) is 0 Å². The number of hydrogen-bond acceptors (Lipinski definition) is 5. The van der Waals surface area contributed by atoms with E-state index >= 15 is 0 Å². The zero-order valence-electron chi connectivity index (χ0n) is 15.5. The van der Waals surface area contributed by atoms with Gasteiger partial charge >= 0.3 is 0 Å². The summed E-state index contributed by atoms with van der Waals surface area (Å²) in [7, 11) is 0. The van der Waals surface area contributed by atoms with Gasteiger partial charge in [-0.25, -0.2) is 4.98 Å². The molecule has 0 amide bonds. The third-order valence-electron chi connectivity index (χ3n) is 4.67. The van der Waals surface area contributed by atoms with Gasteiger partial charge in [0.2, 0.25) is 0 Å². The zero-order chi connectivity index (χ0) is 18.4. The van der Waals surface area contributed by atoms with Gasteiger partial charge in [0.25, 0.3) is 0 Å². The van der Waals surface area contributed by atoms with Crippen molar-refractivity contribution < 1.29 is 0 Å². The summed E-state index contributed by atoms with van der Waals surface area (Å²) in [5, 5.41) is 6.67. The van der Waals surface area contributed by atoms with Gasteiger partial charge in [0.1, 0.15) is 0 Å². The molecule has 7 heteroatoms. The van der Waals surface area contributed by atoms with Gasteiger partial charge in [-0.3, -0.25) is 4.99 Å². The van der Waals surface area contributed by atoms with Crippen molar-refractivity contribution in [3.05, 3.63) is 41.9 Å². The Labute approximate surface area is 159 Å². The van der Waals surface area contributed by atoms with Crippen LogP contribution in [0.15, 0.2) is 46.9 Å². The van der Waals surface area contributed by atoms with Crippen LogP contribution in [0.5, 0.6) is 0 Å². The number of hydrogen-bond donors (Lipinski definition) is 2. The second kappa shape index (κ2) is 8.89. The SMILES string of the molecule is CC(C)C(CN=C(N)N1CCN(c2nccs2)CC1)Nc1ccccc1. The van der Waals surface area contributed by atoms with Gasteiger partial charge in [0.05, 0.1) is 6.54 Å². The number of nitrogens with one attached hydrogen (secondary N) is 1. The van der Waals surface area contributed by atoms with Gasteiger partial charge in [0.15, 0.2) is 11.1 Å². The molecule has 1 atom stereocenters. The highest BCUT2D eigenvalue weighted by molar-refractivity contribution is 7.13. The molecule has 0 saturated carbocycles. The minimum atomic E-state index is 0.257. The van der Waals surface area contributed by atoms with Crippen LogP contribution in [-0.2, 0) is 0 Å². The fraction of sp³-hybridized carbons (Fsp3) is 0.474. The summed E-state index contributed by atoms with van der Waals surface area (Å²) in [5.41, 5.74) is 7.39. The van der Waals surface area contributed by atoms with E-state index in [1.54, 1.807) is 11.3 Å². The van der Waals surface area contributed by atoms with E-state index in [0.717, 1.165) is 37.0 Å². The van der Waals surface area contributed by atoms with Crippen LogP contribution in [0.4, 0.5) is 10.8 Å². The Balaban J connectivity index is 1.53. The smallest absolute Gasteiger partial charge is 0.191 e. The standard InChI is InChI=1S/C19H28N6S/c1-15(2)17(23-16-6-4-3-5-7-16)14-22-18(20)24-9-11-25(12-10-24)19-21-8-13-26-19/h3-8,13,15,17,23H,9-12,14H2,1-2H3,(H2,20,22). The molecule has 3 N–H and O–H groups in total. The summed E-state index contributed by atoms with van der Waals surface area (Å²) in [6.07, 6.45) is 1.86.